The molecule has 4 aliphatic heterocycles. The topological polar surface area (TPSA) is 61.7 Å². The summed E-state index contributed by atoms with van der Waals surface area (Å²) >= 11 is 6.25. The van der Waals surface area contributed by atoms with E-state index < -0.39 is 0 Å². The maximum Gasteiger partial charge on any atom is 0.287 e. The summed E-state index contributed by atoms with van der Waals surface area (Å²) in [5, 5.41) is 4.33. The number of hydrogen-bond donors (Lipinski definition) is 0. The number of rotatable bonds is 3. The number of likely N-dealkylation sites (tertiary alicyclic amines) is 1. The molecule has 0 aliphatic carbocycles. The molecule has 7 nitrogen and oxygen atoms in total. The molecule has 3 unspecified atom stereocenters. The van der Waals surface area contributed by atoms with E-state index in [1.54, 1.807) is 13.2 Å². The van der Waals surface area contributed by atoms with Gasteiger partial charge in [-0.1, -0.05) is 11.6 Å². The predicted octanol–water partition coefficient (Wildman–Crippen LogP) is 0.706. The average molecular weight is 366 g/mol. The van der Waals surface area contributed by atoms with Gasteiger partial charge in [0.1, 0.15) is 5.02 Å². The van der Waals surface area contributed by atoms with Crippen molar-refractivity contribution in [1.29, 1.82) is 0 Å². The zero-order valence-electron chi connectivity index (χ0n) is 14.9. The van der Waals surface area contributed by atoms with Gasteiger partial charge in [0.25, 0.3) is 5.56 Å². The lowest BCUT2D eigenvalue weighted by molar-refractivity contribution is -0.140. The van der Waals surface area contributed by atoms with Gasteiger partial charge in [0, 0.05) is 44.8 Å². The van der Waals surface area contributed by atoms with E-state index in [0.717, 1.165) is 32.5 Å². The van der Waals surface area contributed by atoms with Crippen LogP contribution in [0.1, 0.15) is 26.7 Å². The normalized spacial score (nSPS) is 29.5. The molecule has 0 radical (unpaired) electrons. The first-order chi connectivity index (χ1) is 11.9. The van der Waals surface area contributed by atoms with Gasteiger partial charge in [-0.05, 0) is 26.7 Å². The molecule has 4 saturated heterocycles. The van der Waals surface area contributed by atoms with Crippen LogP contribution in [0.4, 0.5) is 5.69 Å². The molecule has 0 spiro atoms. The van der Waals surface area contributed by atoms with Crippen LogP contribution in [0.15, 0.2) is 11.0 Å². The number of halogens is 1. The first-order valence-corrected chi connectivity index (χ1v) is 9.31. The Bertz CT molecular complexity index is 752. The number of carbonyl (C=O) groups excluding carboxylic acids is 1. The molecule has 8 heteroatoms. The molecular formula is C17H24ClN5O2. The number of piperazine rings is 1. The summed E-state index contributed by atoms with van der Waals surface area (Å²) in [6, 6.07) is 0.978. The summed E-state index contributed by atoms with van der Waals surface area (Å²) in [7, 11) is 1.60. The van der Waals surface area contributed by atoms with E-state index >= 15 is 0 Å². The van der Waals surface area contributed by atoms with Crippen molar-refractivity contribution in [1.82, 2.24) is 19.6 Å². The maximum absolute atomic E-state index is 12.7. The smallest absolute Gasteiger partial charge is 0.287 e. The van der Waals surface area contributed by atoms with Gasteiger partial charge in [-0.25, -0.2) is 4.68 Å². The second kappa shape index (κ2) is 5.99. The van der Waals surface area contributed by atoms with Crippen LogP contribution in [0.3, 0.4) is 0 Å². The van der Waals surface area contributed by atoms with Gasteiger partial charge in [-0.3, -0.25) is 14.5 Å². The van der Waals surface area contributed by atoms with Gasteiger partial charge in [0.05, 0.1) is 17.9 Å². The van der Waals surface area contributed by atoms with E-state index in [0.29, 0.717) is 17.8 Å². The van der Waals surface area contributed by atoms with Crippen LogP contribution < -0.4 is 10.5 Å². The van der Waals surface area contributed by atoms with Gasteiger partial charge in [0.15, 0.2) is 0 Å². The number of amides is 1. The summed E-state index contributed by atoms with van der Waals surface area (Å²) in [4.78, 5) is 31.2. The molecule has 0 saturated carbocycles. The third kappa shape index (κ3) is 2.56. The van der Waals surface area contributed by atoms with Crippen LogP contribution in [0, 0.1) is 0 Å². The van der Waals surface area contributed by atoms with Gasteiger partial charge >= 0.3 is 0 Å². The summed E-state index contributed by atoms with van der Waals surface area (Å²) in [6.07, 6.45) is 3.69. The average Bonchev–Trinajstić information content (AvgIpc) is 2.94. The molecule has 2 bridgehead atoms. The minimum Gasteiger partial charge on any atom is -0.366 e. The molecule has 3 atom stereocenters. The van der Waals surface area contributed by atoms with Crippen LogP contribution in [-0.2, 0) is 11.8 Å². The third-order valence-electron chi connectivity index (χ3n) is 5.84. The van der Waals surface area contributed by atoms with Crippen molar-refractivity contribution in [2.75, 3.05) is 24.5 Å². The van der Waals surface area contributed by atoms with E-state index in [1.807, 2.05) is 4.90 Å². The molecule has 5 heterocycles. The van der Waals surface area contributed by atoms with Gasteiger partial charge < -0.3 is 9.80 Å². The van der Waals surface area contributed by atoms with Crippen molar-refractivity contribution in [2.24, 2.45) is 7.05 Å². The molecule has 4 aliphatic rings. The summed E-state index contributed by atoms with van der Waals surface area (Å²) in [6.45, 7) is 6.58. The minimum absolute atomic E-state index is 0.0190. The number of carbonyl (C=O) groups is 1. The first-order valence-electron chi connectivity index (χ1n) is 8.93. The summed E-state index contributed by atoms with van der Waals surface area (Å²) < 4.78 is 1.25. The Labute approximate surface area is 152 Å². The lowest BCUT2D eigenvalue weighted by Gasteiger charge is -2.58. The number of fused-ring (bicyclic) bond motifs is 2. The molecular weight excluding hydrogens is 342 g/mol. The van der Waals surface area contributed by atoms with Crippen LogP contribution in [0.2, 0.25) is 5.02 Å². The molecule has 0 aromatic carbocycles. The maximum atomic E-state index is 12.7. The second-order valence-electron chi connectivity index (χ2n) is 7.60. The fourth-order valence-corrected chi connectivity index (χ4v) is 4.83. The Morgan fingerprint density at radius 3 is 2.52 bits per heavy atom. The zero-order valence-corrected chi connectivity index (χ0v) is 15.6. The van der Waals surface area contributed by atoms with E-state index in [2.05, 4.69) is 28.7 Å². The minimum atomic E-state index is -0.270. The number of anilines is 1. The van der Waals surface area contributed by atoms with Gasteiger partial charge in [0.2, 0.25) is 5.91 Å². The highest BCUT2D eigenvalue weighted by molar-refractivity contribution is 6.33. The van der Waals surface area contributed by atoms with Crippen molar-refractivity contribution in [3.63, 3.8) is 0 Å². The Kier molecular flexibility index (Phi) is 4.03. The Morgan fingerprint density at radius 2 is 1.92 bits per heavy atom. The Hall–Kier alpha value is -1.60. The SMILES string of the molecule is CC(C)N1CCC(N2C3CC2CN(c2cnn(C)c(=O)c2Cl)C3)C1=O. The lowest BCUT2D eigenvalue weighted by Crippen LogP contribution is -2.72. The van der Waals surface area contributed by atoms with Crippen LogP contribution >= 0.6 is 11.6 Å². The van der Waals surface area contributed by atoms with Crippen LogP contribution in [0.5, 0.6) is 0 Å². The second-order valence-corrected chi connectivity index (χ2v) is 7.98. The number of hydrogen-bond acceptors (Lipinski definition) is 5. The van der Waals surface area contributed by atoms with E-state index in [4.69, 9.17) is 11.6 Å². The fraction of sp³-hybridized carbons (Fsp3) is 0.706. The molecule has 1 amide bonds. The lowest BCUT2D eigenvalue weighted by atomic mass is 9.84. The largest absolute Gasteiger partial charge is 0.366 e. The molecule has 1 aromatic rings. The van der Waals surface area contributed by atoms with E-state index in [1.165, 1.54) is 4.68 Å². The van der Waals surface area contributed by atoms with Gasteiger partial charge in [-0.15, -0.1) is 0 Å². The molecule has 5 rings (SSSR count). The van der Waals surface area contributed by atoms with Gasteiger partial charge in [-0.2, -0.15) is 5.10 Å². The summed E-state index contributed by atoms with van der Waals surface area (Å²) in [5.41, 5.74) is 0.439. The van der Waals surface area contributed by atoms with Crippen molar-refractivity contribution in [3.05, 3.63) is 21.6 Å². The third-order valence-corrected chi connectivity index (χ3v) is 6.20. The molecule has 136 valence electrons. The highest BCUT2D eigenvalue weighted by Crippen LogP contribution is 2.39. The Morgan fingerprint density at radius 1 is 1.24 bits per heavy atom. The zero-order chi connectivity index (χ0) is 17.9. The molecule has 1 aromatic heterocycles. The number of piperidine rings is 1. The van der Waals surface area contributed by atoms with Crippen LogP contribution in [-0.4, -0.2) is 69.3 Å². The fourth-order valence-electron chi connectivity index (χ4n) is 4.54. The first kappa shape index (κ1) is 16.8. The van der Waals surface area contributed by atoms with Crippen molar-refractivity contribution in [3.8, 4) is 0 Å². The molecule has 0 N–H and O–H groups in total. The van der Waals surface area contributed by atoms with Crippen molar-refractivity contribution >= 4 is 23.2 Å². The Balaban J connectivity index is 1.49. The molecule has 25 heavy (non-hydrogen) atoms. The van der Waals surface area contributed by atoms with Crippen LogP contribution in [0.25, 0.3) is 0 Å². The van der Waals surface area contributed by atoms with Crippen molar-refractivity contribution in [2.45, 2.75) is 50.9 Å². The quantitative estimate of drug-likeness (QED) is 0.789. The highest BCUT2D eigenvalue weighted by atomic mass is 35.5. The highest BCUT2D eigenvalue weighted by Gasteiger charge is 2.52. The summed E-state index contributed by atoms with van der Waals surface area (Å²) in [5.74, 6) is 0.270. The number of nitrogens with zero attached hydrogens (tertiary/aromatic N) is 5. The van der Waals surface area contributed by atoms with E-state index in [-0.39, 0.29) is 28.6 Å². The monoisotopic (exact) mass is 365 g/mol. The number of aromatic nitrogens is 2. The standard InChI is InChI=1S/C17H24ClN5O2/c1-10(2)22-5-4-13(16(22)24)23-11-6-12(23)9-21(8-11)14-7-19-20(3)17(25)15(14)18/h7,10-13H,4-6,8-9H2,1-3H3. The molecule has 4 fully saturated rings. The number of aryl methyl sites for hydroxylation is 1. The van der Waals surface area contributed by atoms with Crippen molar-refractivity contribution < 1.29 is 4.79 Å². The predicted molar refractivity (Wildman–Crippen MR) is 96.0 cm³/mol. The van der Waals surface area contributed by atoms with E-state index in [9.17, 15) is 9.59 Å².